The Morgan fingerprint density at radius 1 is 1.00 bits per heavy atom. The molecule has 1 heterocycles. The molecule has 31 heavy (non-hydrogen) atoms. The molecule has 1 aliphatic rings. The minimum Gasteiger partial charge on any atom is -0.497 e. The van der Waals surface area contributed by atoms with Crippen LogP contribution in [-0.2, 0) is 14.8 Å². The molecule has 166 valence electrons. The summed E-state index contributed by atoms with van der Waals surface area (Å²) in [6, 6.07) is 8.79. The molecular formula is C20H21F2N3O5S. The van der Waals surface area contributed by atoms with Crippen molar-refractivity contribution in [3.63, 3.8) is 0 Å². The lowest BCUT2D eigenvalue weighted by Crippen LogP contribution is -2.52. The largest absolute Gasteiger partial charge is 0.497 e. The average molecular weight is 453 g/mol. The summed E-state index contributed by atoms with van der Waals surface area (Å²) >= 11 is 0. The van der Waals surface area contributed by atoms with Gasteiger partial charge in [-0.2, -0.15) is 4.31 Å². The van der Waals surface area contributed by atoms with E-state index in [1.807, 2.05) is 0 Å². The standard InChI is InChI=1S/C20H21F2N3O5S/c1-30-15-4-2-14(3-5-15)20(27)23-13-19(26)24-8-10-25(11-9-24)31(28,29)16-6-7-17(21)18(22)12-16/h2-7,12H,8-11,13H2,1H3,(H,23,27). The molecule has 0 spiro atoms. The zero-order valence-corrected chi connectivity index (χ0v) is 17.5. The van der Waals surface area contributed by atoms with Crippen molar-refractivity contribution in [3.05, 3.63) is 59.7 Å². The number of sulfonamides is 1. The normalized spacial score (nSPS) is 14.9. The lowest BCUT2D eigenvalue weighted by molar-refractivity contribution is -0.131. The van der Waals surface area contributed by atoms with Crippen molar-refractivity contribution in [1.29, 1.82) is 0 Å². The van der Waals surface area contributed by atoms with Crippen LogP contribution in [0.2, 0.25) is 0 Å². The van der Waals surface area contributed by atoms with Crippen LogP contribution < -0.4 is 10.1 Å². The zero-order valence-electron chi connectivity index (χ0n) is 16.7. The van der Waals surface area contributed by atoms with Crippen molar-refractivity contribution < 1.29 is 31.5 Å². The first-order valence-corrected chi connectivity index (χ1v) is 10.8. The molecule has 0 saturated carbocycles. The Kier molecular flexibility index (Phi) is 6.86. The van der Waals surface area contributed by atoms with Crippen LogP contribution in [0.5, 0.6) is 5.75 Å². The number of hydrogen-bond acceptors (Lipinski definition) is 5. The highest BCUT2D eigenvalue weighted by Crippen LogP contribution is 2.20. The van der Waals surface area contributed by atoms with E-state index in [0.29, 0.717) is 17.4 Å². The molecule has 1 saturated heterocycles. The maximum Gasteiger partial charge on any atom is 0.251 e. The summed E-state index contributed by atoms with van der Waals surface area (Å²) in [4.78, 5) is 25.6. The van der Waals surface area contributed by atoms with Gasteiger partial charge < -0.3 is 15.0 Å². The molecule has 3 rings (SSSR count). The summed E-state index contributed by atoms with van der Waals surface area (Å²) in [6.07, 6.45) is 0. The van der Waals surface area contributed by atoms with E-state index in [4.69, 9.17) is 4.74 Å². The monoisotopic (exact) mass is 453 g/mol. The summed E-state index contributed by atoms with van der Waals surface area (Å²) < 4.78 is 57.8. The number of halogens is 2. The van der Waals surface area contributed by atoms with Gasteiger partial charge in [0.1, 0.15) is 5.75 Å². The predicted molar refractivity (Wildman–Crippen MR) is 107 cm³/mol. The highest BCUT2D eigenvalue weighted by molar-refractivity contribution is 7.89. The smallest absolute Gasteiger partial charge is 0.251 e. The molecule has 2 aromatic carbocycles. The van der Waals surface area contributed by atoms with Gasteiger partial charge >= 0.3 is 0 Å². The Morgan fingerprint density at radius 2 is 1.65 bits per heavy atom. The van der Waals surface area contributed by atoms with Gasteiger partial charge in [-0.15, -0.1) is 0 Å². The van der Waals surface area contributed by atoms with Gasteiger partial charge in [-0.3, -0.25) is 9.59 Å². The third-order valence-electron chi connectivity index (χ3n) is 4.87. The molecule has 8 nitrogen and oxygen atoms in total. The number of hydrogen-bond donors (Lipinski definition) is 1. The van der Waals surface area contributed by atoms with E-state index in [1.165, 1.54) is 12.0 Å². The summed E-state index contributed by atoms with van der Waals surface area (Å²) in [7, 11) is -2.50. The Balaban J connectivity index is 1.53. The lowest BCUT2D eigenvalue weighted by Gasteiger charge is -2.34. The van der Waals surface area contributed by atoms with Crippen molar-refractivity contribution >= 4 is 21.8 Å². The summed E-state index contributed by atoms with van der Waals surface area (Å²) in [5.74, 6) is -2.56. The number of benzene rings is 2. The maximum absolute atomic E-state index is 13.4. The second-order valence-electron chi connectivity index (χ2n) is 6.77. The first-order valence-electron chi connectivity index (χ1n) is 9.37. The number of nitrogens with zero attached hydrogens (tertiary/aromatic N) is 2. The van der Waals surface area contributed by atoms with Crippen LogP contribution in [0.3, 0.4) is 0 Å². The van der Waals surface area contributed by atoms with Gasteiger partial charge in [0.25, 0.3) is 5.91 Å². The van der Waals surface area contributed by atoms with Gasteiger partial charge in [0.15, 0.2) is 11.6 Å². The second-order valence-corrected chi connectivity index (χ2v) is 8.71. The van der Waals surface area contributed by atoms with Gasteiger partial charge in [0, 0.05) is 31.7 Å². The summed E-state index contributed by atoms with van der Waals surface area (Å²) in [6.45, 7) is -0.0138. The van der Waals surface area contributed by atoms with Crippen LogP contribution in [0.25, 0.3) is 0 Å². The number of amides is 2. The first kappa shape index (κ1) is 22.6. The number of nitrogens with one attached hydrogen (secondary N) is 1. The Bertz CT molecular complexity index is 1070. The molecule has 0 aliphatic carbocycles. The third kappa shape index (κ3) is 5.17. The van der Waals surface area contributed by atoms with Gasteiger partial charge in [-0.05, 0) is 42.5 Å². The SMILES string of the molecule is COc1ccc(C(=O)NCC(=O)N2CCN(S(=O)(=O)c3ccc(F)c(F)c3)CC2)cc1. The molecule has 1 fully saturated rings. The van der Waals surface area contributed by atoms with E-state index in [1.54, 1.807) is 24.3 Å². The molecule has 2 aromatic rings. The lowest BCUT2D eigenvalue weighted by atomic mass is 10.2. The first-order chi connectivity index (χ1) is 14.7. The van der Waals surface area contributed by atoms with Crippen molar-refractivity contribution in [2.75, 3.05) is 39.8 Å². The van der Waals surface area contributed by atoms with Crippen LogP contribution >= 0.6 is 0 Å². The van der Waals surface area contributed by atoms with Crippen LogP contribution in [0.4, 0.5) is 8.78 Å². The molecule has 0 atom stereocenters. The number of ether oxygens (including phenoxy) is 1. The highest BCUT2D eigenvalue weighted by Gasteiger charge is 2.30. The number of methoxy groups -OCH3 is 1. The minimum atomic E-state index is -4.01. The molecule has 0 radical (unpaired) electrons. The van der Waals surface area contributed by atoms with Crippen LogP contribution in [0.15, 0.2) is 47.4 Å². The van der Waals surface area contributed by atoms with Crippen molar-refractivity contribution in [1.82, 2.24) is 14.5 Å². The van der Waals surface area contributed by atoms with E-state index in [0.717, 1.165) is 16.4 Å². The minimum absolute atomic E-state index is 0.000501. The Labute approximate surface area is 178 Å². The Morgan fingerprint density at radius 3 is 2.23 bits per heavy atom. The van der Waals surface area contributed by atoms with Crippen molar-refractivity contribution in [3.8, 4) is 5.75 Å². The fourth-order valence-electron chi connectivity index (χ4n) is 3.08. The van der Waals surface area contributed by atoms with Gasteiger partial charge in [-0.1, -0.05) is 0 Å². The number of carbonyl (C=O) groups is 2. The molecule has 0 unspecified atom stereocenters. The molecule has 1 N–H and O–H groups in total. The molecule has 1 aliphatic heterocycles. The topological polar surface area (TPSA) is 96.0 Å². The van der Waals surface area contributed by atoms with Crippen molar-refractivity contribution in [2.45, 2.75) is 4.90 Å². The van der Waals surface area contributed by atoms with Crippen LogP contribution in [-0.4, -0.2) is 69.3 Å². The number of carbonyl (C=O) groups excluding carboxylic acids is 2. The second kappa shape index (κ2) is 9.40. The van der Waals surface area contributed by atoms with Gasteiger partial charge in [0.2, 0.25) is 15.9 Å². The van der Waals surface area contributed by atoms with Gasteiger partial charge in [-0.25, -0.2) is 17.2 Å². The van der Waals surface area contributed by atoms with Crippen LogP contribution in [0.1, 0.15) is 10.4 Å². The molecule has 0 aromatic heterocycles. The van der Waals surface area contributed by atoms with E-state index in [-0.39, 0.29) is 43.5 Å². The summed E-state index contributed by atoms with van der Waals surface area (Å²) in [5.41, 5.74) is 0.371. The third-order valence-corrected chi connectivity index (χ3v) is 6.77. The Hall–Kier alpha value is -3.05. The zero-order chi connectivity index (χ0) is 22.6. The van der Waals surface area contributed by atoms with E-state index < -0.39 is 27.6 Å². The molecular weight excluding hydrogens is 432 g/mol. The maximum atomic E-state index is 13.4. The van der Waals surface area contributed by atoms with E-state index >= 15 is 0 Å². The molecule has 11 heteroatoms. The van der Waals surface area contributed by atoms with Crippen LogP contribution in [0, 0.1) is 11.6 Å². The quantitative estimate of drug-likeness (QED) is 0.710. The average Bonchev–Trinajstić information content (AvgIpc) is 2.79. The number of rotatable bonds is 6. The molecule has 0 bridgehead atoms. The van der Waals surface area contributed by atoms with E-state index in [2.05, 4.69) is 5.32 Å². The highest BCUT2D eigenvalue weighted by atomic mass is 32.2. The molecule has 2 amide bonds. The number of piperazine rings is 1. The predicted octanol–water partition coefficient (Wildman–Crippen LogP) is 1.24. The van der Waals surface area contributed by atoms with Gasteiger partial charge in [0.05, 0.1) is 18.6 Å². The fourth-order valence-corrected chi connectivity index (χ4v) is 4.51. The summed E-state index contributed by atoms with van der Waals surface area (Å²) in [5, 5.41) is 2.53. The van der Waals surface area contributed by atoms with E-state index in [9.17, 15) is 26.8 Å². The fraction of sp³-hybridized carbons (Fsp3) is 0.300. The van der Waals surface area contributed by atoms with Crippen molar-refractivity contribution in [2.24, 2.45) is 0 Å².